The van der Waals surface area contributed by atoms with Crippen molar-refractivity contribution in [1.29, 1.82) is 0 Å². The molecule has 40 valence electrons. The first kappa shape index (κ1) is 5.65. The van der Waals surface area contributed by atoms with Gasteiger partial charge in [0.1, 0.15) is 9.98 Å². The molecule has 0 saturated heterocycles. The fourth-order valence-corrected chi connectivity index (χ4v) is 0.526. The van der Waals surface area contributed by atoms with Gasteiger partial charge in [0, 0.05) is 0 Å². The molecular formula is C4H2N2S2. The maximum atomic E-state index is 4.65. The highest BCUT2D eigenvalue weighted by Crippen LogP contribution is 1.96. The predicted octanol–water partition coefficient (Wildman–Crippen LogP) is 1.66. The average molecular weight is 142 g/mol. The number of rotatable bonds is 0. The SMILES string of the molecule is S=C1C=CC(=S)N=N1. The Hall–Kier alpha value is -0.480. The van der Waals surface area contributed by atoms with Crippen LogP contribution in [0.1, 0.15) is 0 Å². The molecule has 0 atom stereocenters. The minimum Gasteiger partial charge on any atom is -0.138 e. The molecule has 0 aromatic heterocycles. The molecule has 2 nitrogen and oxygen atoms in total. The van der Waals surface area contributed by atoms with E-state index in [9.17, 15) is 0 Å². The van der Waals surface area contributed by atoms with E-state index in [0.717, 1.165) is 0 Å². The Bertz CT molecular complexity index is 154. The maximum absolute atomic E-state index is 4.65. The van der Waals surface area contributed by atoms with Crippen molar-refractivity contribution in [1.82, 2.24) is 0 Å². The molecule has 0 aromatic rings. The first-order valence-corrected chi connectivity index (χ1v) is 2.78. The van der Waals surface area contributed by atoms with Crippen LogP contribution in [0.5, 0.6) is 0 Å². The Labute approximate surface area is 57.3 Å². The van der Waals surface area contributed by atoms with Crippen LogP contribution < -0.4 is 0 Å². The van der Waals surface area contributed by atoms with Crippen molar-refractivity contribution in [3.8, 4) is 0 Å². The first-order valence-electron chi connectivity index (χ1n) is 1.97. The van der Waals surface area contributed by atoms with Crippen LogP contribution in [0, 0.1) is 0 Å². The summed E-state index contributed by atoms with van der Waals surface area (Å²) >= 11 is 9.30. The molecule has 1 rings (SSSR count). The molecule has 0 aromatic carbocycles. The van der Waals surface area contributed by atoms with Crippen molar-refractivity contribution in [2.75, 3.05) is 0 Å². The second kappa shape index (κ2) is 2.19. The summed E-state index contributed by atoms with van der Waals surface area (Å²) in [6.07, 6.45) is 3.31. The largest absolute Gasteiger partial charge is 0.148 e. The number of hydrogen-bond acceptors (Lipinski definition) is 2. The quantitative estimate of drug-likeness (QED) is 0.480. The van der Waals surface area contributed by atoms with Crippen LogP contribution in [0.25, 0.3) is 0 Å². The highest BCUT2D eigenvalue weighted by molar-refractivity contribution is 7.81. The van der Waals surface area contributed by atoms with Gasteiger partial charge in [-0.15, -0.1) is 10.2 Å². The van der Waals surface area contributed by atoms with Crippen molar-refractivity contribution < 1.29 is 0 Å². The third kappa shape index (κ3) is 1.24. The smallest absolute Gasteiger partial charge is 0.138 e. The van der Waals surface area contributed by atoms with Crippen molar-refractivity contribution in [3.05, 3.63) is 12.2 Å². The lowest BCUT2D eigenvalue weighted by molar-refractivity contribution is 1.37. The Kier molecular flexibility index (Phi) is 1.55. The van der Waals surface area contributed by atoms with E-state index in [1.165, 1.54) is 0 Å². The zero-order valence-electron chi connectivity index (χ0n) is 3.87. The zero-order valence-corrected chi connectivity index (χ0v) is 5.50. The van der Waals surface area contributed by atoms with Gasteiger partial charge >= 0.3 is 0 Å². The molecule has 0 bridgehead atoms. The van der Waals surface area contributed by atoms with Gasteiger partial charge in [-0.3, -0.25) is 0 Å². The summed E-state index contributed by atoms with van der Waals surface area (Å²) in [5.74, 6) is 0. The van der Waals surface area contributed by atoms with Crippen LogP contribution in [0.15, 0.2) is 22.4 Å². The number of nitrogens with zero attached hydrogens (tertiary/aromatic N) is 2. The van der Waals surface area contributed by atoms with Gasteiger partial charge in [-0.05, 0) is 12.2 Å². The van der Waals surface area contributed by atoms with Crippen LogP contribution in [0.3, 0.4) is 0 Å². The summed E-state index contributed by atoms with van der Waals surface area (Å²) < 4.78 is 0. The van der Waals surface area contributed by atoms with E-state index in [4.69, 9.17) is 0 Å². The monoisotopic (exact) mass is 142 g/mol. The molecule has 1 aliphatic rings. The third-order valence-corrected chi connectivity index (χ3v) is 1.05. The van der Waals surface area contributed by atoms with E-state index in [2.05, 4.69) is 34.7 Å². The van der Waals surface area contributed by atoms with E-state index in [1.54, 1.807) is 12.2 Å². The highest BCUT2D eigenvalue weighted by Gasteiger charge is 1.94. The Morgan fingerprint density at radius 2 is 1.38 bits per heavy atom. The standard InChI is InChI=1S/C4H2N2S2/c7-3-1-2-4(8)6-5-3/h1-2H. The molecule has 0 unspecified atom stereocenters. The maximum Gasteiger partial charge on any atom is 0.148 e. The van der Waals surface area contributed by atoms with E-state index in [1.807, 2.05) is 0 Å². The van der Waals surface area contributed by atoms with E-state index >= 15 is 0 Å². The Morgan fingerprint density at radius 1 is 1.00 bits per heavy atom. The van der Waals surface area contributed by atoms with Crippen molar-refractivity contribution in [2.45, 2.75) is 0 Å². The van der Waals surface area contributed by atoms with Gasteiger partial charge in [-0.2, -0.15) is 0 Å². The number of hydrogen-bond donors (Lipinski definition) is 0. The number of thiocarbonyl (C=S) groups is 2. The van der Waals surface area contributed by atoms with Gasteiger partial charge in [0.25, 0.3) is 0 Å². The molecule has 0 saturated carbocycles. The van der Waals surface area contributed by atoms with Crippen molar-refractivity contribution in [3.63, 3.8) is 0 Å². The van der Waals surface area contributed by atoms with Gasteiger partial charge in [0.2, 0.25) is 0 Å². The van der Waals surface area contributed by atoms with Crippen LogP contribution in [-0.4, -0.2) is 9.98 Å². The molecule has 4 heteroatoms. The normalized spacial score (nSPS) is 17.5. The Balaban J connectivity index is 2.83. The lowest BCUT2D eigenvalue weighted by atomic mass is 10.5. The van der Waals surface area contributed by atoms with Crippen molar-refractivity contribution in [2.24, 2.45) is 10.2 Å². The summed E-state index contributed by atoms with van der Waals surface area (Å²) in [6.45, 7) is 0. The molecule has 0 radical (unpaired) electrons. The summed E-state index contributed by atoms with van der Waals surface area (Å²) in [5.41, 5.74) is 0. The van der Waals surface area contributed by atoms with Crippen LogP contribution in [-0.2, 0) is 0 Å². The van der Waals surface area contributed by atoms with E-state index in [-0.39, 0.29) is 0 Å². The highest BCUT2D eigenvalue weighted by atomic mass is 32.1. The molecule has 0 amide bonds. The molecular weight excluding hydrogens is 140 g/mol. The predicted molar refractivity (Wildman–Crippen MR) is 39.2 cm³/mol. The molecule has 0 N–H and O–H groups in total. The second-order valence-corrected chi connectivity index (χ2v) is 2.05. The summed E-state index contributed by atoms with van der Waals surface area (Å²) in [4.78, 5) is 0.970. The van der Waals surface area contributed by atoms with Crippen molar-refractivity contribution >= 4 is 34.4 Å². The minimum atomic E-state index is 0.485. The Morgan fingerprint density at radius 3 is 1.62 bits per heavy atom. The van der Waals surface area contributed by atoms with Gasteiger partial charge in [-0.25, -0.2) is 0 Å². The van der Waals surface area contributed by atoms with Gasteiger partial charge in [0.15, 0.2) is 0 Å². The minimum absolute atomic E-state index is 0.485. The lowest BCUT2D eigenvalue weighted by Crippen LogP contribution is -1.92. The fraction of sp³-hybridized carbons (Fsp3) is 0. The summed E-state index contributed by atoms with van der Waals surface area (Å²) in [5, 5.41) is 7.08. The molecule has 1 aliphatic heterocycles. The fourth-order valence-electron chi connectivity index (χ4n) is 0.308. The van der Waals surface area contributed by atoms with Crippen LogP contribution in [0.4, 0.5) is 0 Å². The zero-order chi connectivity index (χ0) is 5.98. The molecule has 0 fully saturated rings. The number of azo groups is 1. The van der Waals surface area contributed by atoms with Crippen LogP contribution >= 0.6 is 24.4 Å². The molecule has 8 heavy (non-hydrogen) atoms. The third-order valence-electron chi connectivity index (χ3n) is 0.616. The molecule has 0 spiro atoms. The van der Waals surface area contributed by atoms with Gasteiger partial charge in [-0.1, -0.05) is 24.4 Å². The topological polar surface area (TPSA) is 24.7 Å². The van der Waals surface area contributed by atoms with E-state index in [0.29, 0.717) is 9.98 Å². The average Bonchev–Trinajstić information content (AvgIpc) is 1.77. The first-order chi connectivity index (χ1) is 3.79. The summed E-state index contributed by atoms with van der Waals surface area (Å²) in [7, 11) is 0. The van der Waals surface area contributed by atoms with Gasteiger partial charge < -0.3 is 0 Å². The van der Waals surface area contributed by atoms with E-state index < -0.39 is 0 Å². The molecule has 1 heterocycles. The second-order valence-electron chi connectivity index (χ2n) is 1.21. The van der Waals surface area contributed by atoms with Gasteiger partial charge in [0.05, 0.1) is 0 Å². The summed E-state index contributed by atoms with van der Waals surface area (Å²) in [6, 6.07) is 0. The lowest BCUT2D eigenvalue weighted by Gasteiger charge is -1.91. The molecule has 0 aliphatic carbocycles. The van der Waals surface area contributed by atoms with Crippen LogP contribution in [0.2, 0.25) is 0 Å².